The first kappa shape index (κ1) is 10.9. The van der Waals surface area contributed by atoms with Crippen LogP contribution in [0.15, 0.2) is 28.7 Å². The number of hydrogen-bond acceptors (Lipinski definition) is 2. The smallest absolute Gasteiger partial charge is 0.311 e. The largest absolute Gasteiger partial charge is 0.481 e. The number of hydrogen-bond donors (Lipinski definition) is 1. The van der Waals surface area contributed by atoms with Crippen LogP contribution in [0.2, 0.25) is 0 Å². The van der Waals surface area contributed by atoms with E-state index in [1.165, 1.54) is 0 Å². The molecule has 0 saturated carbocycles. The Kier molecular flexibility index (Phi) is 3.83. The topological polar surface area (TPSA) is 54.4 Å². The third-order valence-electron chi connectivity index (χ3n) is 1.90. The van der Waals surface area contributed by atoms with E-state index in [9.17, 15) is 9.59 Å². The zero-order valence-electron chi connectivity index (χ0n) is 7.31. The second-order valence-corrected chi connectivity index (χ2v) is 3.76. The minimum absolute atomic E-state index is 0.0109. The molecule has 0 aliphatic heterocycles. The van der Waals surface area contributed by atoms with Gasteiger partial charge in [-0.15, -0.1) is 0 Å². The van der Waals surface area contributed by atoms with Crippen molar-refractivity contribution in [3.8, 4) is 0 Å². The molecule has 14 heavy (non-hydrogen) atoms. The van der Waals surface area contributed by atoms with Gasteiger partial charge in [-0.25, -0.2) is 0 Å². The molecule has 0 radical (unpaired) electrons. The summed E-state index contributed by atoms with van der Waals surface area (Å²) in [6.45, 7) is 0. The van der Waals surface area contributed by atoms with Crippen molar-refractivity contribution < 1.29 is 14.7 Å². The van der Waals surface area contributed by atoms with Crippen molar-refractivity contribution >= 4 is 28.2 Å². The lowest BCUT2D eigenvalue weighted by Crippen LogP contribution is -2.11. The van der Waals surface area contributed by atoms with Crippen LogP contribution in [-0.2, 0) is 9.59 Å². The van der Waals surface area contributed by atoms with Gasteiger partial charge in [0.05, 0.1) is 5.92 Å². The van der Waals surface area contributed by atoms with Crippen LogP contribution >= 0.6 is 15.9 Å². The predicted octanol–water partition coefficient (Wildman–Crippen LogP) is 2.21. The highest BCUT2D eigenvalue weighted by Crippen LogP contribution is 2.21. The molecule has 0 spiro atoms. The molecule has 0 saturated heterocycles. The summed E-state index contributed by atoms with van der Waals surface area (Å²) >= 11 is 3.25. The Hall–Kier alpha value is -1.16. The number of halogens is 1. The lowest BCUT2D eigenvalue weighted by molar-refractivity contribution is -0.139. The van der Waals surface area contributed by atoms with Gasteiger partial charge in [0.25, 0.3) is 0 Å². The molecular weight excluding hydrogens is 248 g/mol. The van der Waals surface area contributed by atoms with Crippen LogP contribution in [0.25, 0.3) is 0 Å². The summed E-state index contributed by atoms with van der Waals surface area (Å²) < 4.78 is 0.886. The first-order valence-electron chi connectivity index (χ1n) is 4.07. The maximum Gasteiger partial charge on any atom is 0.311 e. The molecule has 0 amide bonds. The van der Waals surface area contributed by atoms with Crippen LogP contribution in [0.3, 0.4) is 0 Å². The molecule has 4 heteroatoms. The van der Waals surface area contributed by atoms with E-state index in [1.807, 2.05) is 0 Å². The zero-order valence-corrected chi connectivity index (χ0v) is 8.90. The summed E-state index contributed by atoms with van der Waals surface area (Å²) in [7, 11) is 0. The van der Waals surface area contributed by atoms with Crippen molar-refractivity contribution in [3.05, 3.63) is 34.3 Å². The van der Waals surface area contributed by atoms with Gasteiger partial charge in [-0.2, -0.15) is 0 Å². The molecule has 1 N–H and O–H groups in total. The van der Waals surface area contributed by atoms with Crippen LogP contribution in [0, 0.1) is 0 Å². The molecule has 1 aromatic rings. The van der Waals surface area contributed by atoms with Gasteiger partial charge in [-0.3, -0.25) is 4.79 Å². The summed E-state index contributed by atoms with van der Waals surface area (Å²) in [5.74, 6) is -1.71. The normalized spacial score (nSPS) is 12.1. The molecule has 0 fully saturated rings. The highest BCUT2D eigenvalue weighted by atomic mass is 79.9. The average molecular weight is 257 g/mol. The van der Waals surface area contributed by atoms with Crippen molar-refractivity contribution in [2.45, 2.75) is 12.3 Å². The van der Waals surface area contributed by atoms with Crippen molar-refractivity contribution in [3.63, 3.8) is 0 Å². The number of carboxylic acids is 1. The number of benzene rings is 1. The average Bonchev–Trinajstić information content (AvgIpc) is 2.15. The van der Waals surface area contributed by atoms with Crippen molar-refractivity contribution in [2.75, 3.05) is 0 Å². The van der Waals surface area contributed by atoms with Gasteiger partial charge in [0.15, 0.2) is 0 Å². The summed E-state index contributed by atoms with van der Waals surface area (Å²) in [6.07, 6.45) is 0.637. The van der Waals surface area contributed by atoms with Crippen LogP contribution < -0.4 is 0 Å². The Balaban J connectivity index is 2.93. The van der Waals surface area contributed by atoms with Gasteiger partial charge in [0.2, 0.25) is 0 Å². The first-order chi connectivity index (χ1) is 6.65. The van der Waals surface area contributed by atoms with Crippen molar-refractivity contribution in [1.82, 2.24) is 0 Å². The van der Waals surface area contributed by atoms with Gasteiger partial charge < -0.3 is 9.90 Å². The molecule has 3 nitrogen and oxygen atoms in total. The molecule has 0 aliphatic carbocycles. The van der Waals surface area contributed by atoms with Gasteiger partial charge in [0, 0.05) is 10.9 Å². The van der Waals surface area contributed by atoms with Crippen LogP contribution in [0.5, 0.6) is 0 Å². The summed E-state index contributed by atoms with van der Waals surface area (Å²) in [5.41, 5.74) is 0.646. The number of aldehydes is 1. The standard InChI is InChI=1S/C10H9BrO3/c11-8-3-1-7(2-4-8)9(5-6-12)10(13)14/h1-4,6,9H,5H2,(H,13,14). The minimum Gasteiger partial charge on any atom is -0.481 e. The first-order valence-corrected chi connectivity index (χ1v) is 4.86. The summed E-state index contributed by atoms with van der Waals surface area (Å²) in [6, 6.07) is 6.92. The summed E-state index contributed by atoms with van der Waals surface area (Å²) in [4.78, 5) is 21.1. The summed E-state index contributed by atoms with van der Waals surface area (Å²) in [5, 5.41) is 8.86. The highest BCUT2D eigenvalue weighted by molar-refractivity contribution is 9.10. The van der Waals surface area contributed by atoms with Crippen LogP contribution in [-0.4, -0.2) is 17.4 Å². The quantitative estimate of drug-likeness (QED) is 0.841. The van der Waals surface area contributed by atoms with E-state index in [4.69, 9.17) is 5.11 Å². The molecule has 1 unspecified atom stereocenters. The number of carbonyl (C=O) groups excluding carboxylic acids is 1. The zero-order chi connectivity index (χ0) is 10.6. The molecule has 1 aromatic carbocycles. The molecule has 0 bridgehead atoms. The maximum atomic E-state index is 10.8. The Morgan fingerprint density at radius 2 is 2.00 bits per heavy atom. The third-order valence-corrected chi connectivity index (χ3v) is 2.43. The van der Waals surface area contributed by atoms with E-state index in [2.05, 4.69) is 15.9 Å². The van der Waals surface area contributed by atoms with E-state index in [1.54, 1.807) is 24.3 Å². The van der Waals surface area contributed by atoms with Gasteiger partial charge >= 0.3 is 5.97 Å². The highest BCUT2D eigenvalue weighted by Gasteiger charge is 2.18. The van der Waals surface area contributed by atoms with E-state index in [0.717, 1.165) is 4.47 Å². The molecular formula is C10H9BrO3. The van der Waals surface area contributed by atoms with Gasteiger partial charge in [-0.05, 0) is 17.7 Å². The number of rotatable bonds is 4. The lowest BCUT2D eigenvalue weighted by Gasteiger charge is -2.08. The second kappa shape index (κ2) is 4.91. The fraction of sp³-hybridized carbons (Fsp3) is 0.200. The van der Waals surface area contributed by atoms with E-state index in [-0.39, 0.29) is 6.42 Å². The molecule has 0 heterocycles. The Morgan fingerprint density at radius 3 is 2.43 bits per heavy atom. The monoisotopic (exact) mass is 256 g/mol. The van der Waals surface area contributed by atoms with Crippen LogP contribution in [0.4, 0.5) is 0 Å². The van der Waals surface area contributed by atoms with Gasteiger partial charge in [-0.1, -0.05) is 28.1 Å². The maximum absolute atomic E-state index is 10.8. The molecule has 1 rings (SSSR count). The van der Waals surface area contributed by atoms with E-state index in [0.29, 0.717) is 11.8 Å². The molecule has 0 aromatic heterocycles. The van der Waals surface area contributed by atoms with Crippen molar-refractivity contribution in [1.29, 1.82) is 0 Å². The van der Waals surface area contributed by atoms with Crippen molar-refractivity contribution in [2.24, 2.45) is 0 Å². The Morgan fingerprint density at radius 1 is 1.43 bits per heavy atom. The second-order valence-electron chi connectivity index (χ2n) is 2.84. The van der Waals surface area contributed by atoms with E-state index < -0.39 is 11.9 Å². The third kappa shape index (κ3) is 2.67. The Bertz CT molecular complexity index is 332. The predicted molar refractivity (Wildman–Crippen MR) is 55.2 cm³/mol. The minimum atomic E-state index is -0.973. The molecule has 0 aliphatic rings. The number of carboxylic acid groups (broad SMARTS) is 1. The lowest BCUT2D eigenvalue weighted by atomic mass is 9.97. The van der Waals surface area contributed by atoms with Gasteiger partial charge in [0.1, 0.15) is 6.29 Å². The SMILES string of the molecule is O=CCC(C(=O)O)c1ccc(Br)cc1. The molecule has 74 valence electrons. The van der Waals surface area contributed by atoms with Crippen LogP contribution in [0.1, 0.15) is 17.9 Å². The Labute approximate surface area is 89.9 Å². The number of aliphatic carboxylic acids is 1. The fourth-order valence-electron chi connectivity index (χ4n) is 1.17. The number of carbonyl (C=O) groups is 2. The van der Waals surface area contributed by atoms with E-state index >= 15 is 0 Å². The molecule has 1 atom stereocenters. The fourth-order valence-corrected chi connectivity index (χ4v) is 1.44.